The van der Waals surface area contributed by atoms with Gasteiger partial charge in [-0.1, -0.05) is 0 Å². The largest absolute Gasteiger partial charge is 0.353 e. The maximum absolute atomic E-state index is 5.66. The van der Waals surface area contributed by atoms with E-state index in [0.29, 0.717) is 6.61 Å². The quantitative estimate of drug-likeness (QED) is 0.454. The van der Waals surface area contributed by atoms with Crippen LogP contribution in [0, 0.1) is 0 Å². The standard InChI is InChI=1S/C9H17IO3/c1-3-12-9(2,10)13-8-6-4-5-7-11-8/h8H,3-7H2,1-2H3. The molecule has 0 amide bonds. The van der Waals surface area contributed by atoms with E-state index in [1.54, 1.807) is 0 Å². The molecule has 1 fully saturated rings. The zero-order chi connectivity index (χ0) is 9.73. The Hall–Kier alpha value is 0.610. The molecule has 1 rings (SSSR count). The first-order chi connectivity index (χ1) is 6.14. The maximum atomic E-state index is 5.66. The SMILES string of the molecule is CCOC(C)(I)OC1CCCCO1. The summed E-state index contributed by atoms with van der Waals surface area (Å²) in [5.41, 5.74) is 0. The highest BCUT2D eigenvalue weighted by molar-refractivity contribution is 14.1. The molecule has 78 valence electrons. The van der Waals surface area contributed by atoms with Crippen LogP contribution in [0.5, 0.6) is 0 Å². The monoisotopic (exact) mass is 300 g/mol. The van der Waals surface area contributed by atoms with Gasteiger partial charge in [-0.2, -0.15) is 0 Å². The lowest BCUT2D eigenvalue weighted by Crippen LogP contribution is -2.33. The highest BCUT2D eigenvalue weighted by atomic mass is 127. The summed E-state index contributed by atoms with van der Waals surface area (Å²) in [6.45, 7) is 5.34. The van der Waals surface area contributed by atoms with Crippen molar-refractivity contribution < 1.29 is 14.2 Å². The lowest BCUT2D eigenvalue weighted by atomic mass is 10.2. The van der Waals surface area contributed by atoms with Crippen LogP contribution in [-0.4, -0.2) is 23.3 Å². The van der Waals surface area contributed by atoms with Gasteiger partial charge in [0.2, 0.25) is 3.79 Å². The molecule has 0 saturated carbocycles. The summed E-state index contributed by atoms with van der Waals surface area (Å²) >= 11 is 2.15. The molecule has 0 aromatic carbocycles. The molecule has 0 aromatic rings. The molecule has 2 unspecified atom stereocenters. The summed E-state index contributed by atoms with van der Waals surface area (Å²) in [6.07, 6.45) is 3.23. The van der Waals surface area contributed by atoms with Crippen molar-refractivity contribution in [1.29, 1.82) is 0 Å². The zero-order valence-corrected chi connectivity index (χ0v) is 10.4. The first-order valence-electron chi connectivity index (χ1n) is 4.76. The molecule has 1 aliphatic rings. The number of alkyl halides is 1. The predicted octanol–water partition coefficient (Wildman–Crippen LogP) is 2.67. The maximum Gasteiger partial charge on any atom is 0.220 e. The van der Waals surface area contributed by atoms with Gasteiger partial charge in [-0.25, -0.2) is 0 Å². The molecule has 0 aromatic heterocycles. The van der Waals surface area contributed by atoms with E-state index >= 15 is 0 Å². The van der Waals surface area contributed by atoms with E-state index in [1.807, 2.05) is 13.8 Å². The minimum atomic E-state index is -0.547. The van der Waals surface area contributed by atoms with Gasteiger partial charge < -0.3 is 14.2 Å². The van der Waals surface area contributed by atoms with E-state index in [2.05, 4.69) is 22.6 Å². The highest BCUT2D eigenvalue weighted by Crippen LogP contribution is 2.27. The summed E-state index contributed by atoms with van der Waals surface area (Å²) in [5, 5.41) is 0. The van der Waals surface area contributed by atoms with Crippen molar-refractivity contribution in [1.82, 2.24) is 0 Å². The van der Waals surface area contributed by atoms with Crippen LogP contribution in [0.4, 0.5) is 0 Å². The Bertz CT molecular complexity index is 144. The molecule has 3 nitrogen and oxygen atoms in total. The van der Waals surface area contributed by atoms with Crippen molar-refractivity contribution in [3.05, 3.63) is 0 Å². The smallest absolute Gasteiger partial charge is 0.220 e. The van der Waals surface area contributed by atoms with Crippen molar-refractivity contribution in [2.75, 3.05) is 13.2 Å². The van der Waals surface area contributed by atoms with Crippen molar-refractivity contribution >= 4 is 22.6 Å². The molecule has 1 heterocycles. The van der Waals surface area contributed by atoms with Crippen LogP contribution in [-0.2, 0) is 14.2 Å². The fourth-order valence-corrected chi connectivity index (χ4v) is 1.93. The van der Waals surface area contributed by atoms with E-state index in [9.17, 15) is 0 Å². The molecule has 13 heavy (non-hydrogen) atoms. The van der Waals surface area contributed by atoms with Crippen LogP contribution < -0.4 is 0 Å². The predicted molar refractivity (Wildman–Crippen MR) is 58.7 cm³/mol. The van der Waals surface area contributed by atoms with Crippen LogP contribution in [0.25, 0.3) is 0 Å². The Kier molecular flexibility index (Phi) is 4.93. The summed E-state index contributed by atoms with van der Waals surface area (Å²) in [5.74, 6) is 0. The van der Waals surface area contributed by atoms with Crippen LogP contribution in [0.1, 0.15) is 33.1 Å². The van der Waals surface area contributed by atoms with Gasteiger partial charge in [0.05, 0.1) is 0 Å². The molecular formula is C9H17IO3. The average Bonchev–Trinajstić information content (AvgIpc) is 2.04. The summed E-state index contributed by atoms with van der Waals surface area (Å²) < 4.78 is 16.0. The first-order valence-corrected chi connectivity index (χ1v) is 5.84. The van der Waals surface area contributed by atoms with Gasteiger partial charge in [0.25, 0.3) is 0 Å². The zero-order valence-electron chi connectivity index (χ0n) is 8.22. The van der Waals surface area contributed by atoms with E-state index < -0.39 is 3.79 Å². The normalized spacial score (nSPS) is 28.4. The van der Waals surface area contributed by atoms with E-state index in [-0.39, 0.29) is 6.29 Å². The molecule has 2 atom stereocenters. The fraction of sp³-hybridized carbons (Fsp3) is 1.00. The Labute approximate surface area is 93.3 Å². The molecule has 0 spiro atoms. The topological polar surface area (TPSA) is 27.7 Å². The number of halogens is 1. The van der Waals surface area contributed by atoms with Gasteiger partial charge >= 0.3 is 0 Å². The number of rotatable bonds is 4. The minimum Gasteiger partial charge on any atom is -0.353 e. The van der Waals surface area contributed by atoms with Crippen LogP contribution in [0.3, 0.4) is 0 Å². The van der Waals surface area contributed by atoms with Gasteiger partial charge in [-0.05, 0) is 55.7 Å². The third kappa shape index (κ3) is 4.58. The number of ether oxygens (including phenoxy) is 3. The minimum absolute atomic E-state index is 0.0813. The third-order valence-corrected chi connectivity index (χ3v) is 2.45. The van der Waals surface area contributed by atoms with Crippen molar-refractivity contribution in [2.45, 2.75) is 43.2 Å². The van der Waals surface area contributed by atoms with Gasteiger partial charge in [0.15, 0.2) is 6.29 Å². The first kappa shape index (κ1) is 11.7. The fourth-order valence-electron chi connectivity index (χ4n) is 1.33. The molecule has 0 radical (unpaired) electrons. The average molecular weight is 300 g/mol. The van der Waals surface area contributed by atoms with Crippen molar-refractivity contribution in [2.24, 2.45) is 0 Å². The van der Waals surface area contributed by atoms with E-state index in [1.165, 1.54) is 6.42 Å². The van der Waals surface area contributed by atoms with Gasteiger partial charge in [0, 0.05) is 13.2 Å². The molecule has 4 heteroatoms. The lowest BCUT2D eigenvalue weighted by molar-refractivity contribution is -0.256. The van der Waals surface area contributed by atoms with Crippen molar-refractivity contribution in [3.63, 3.8) is 0 Å². The Balaban J connectivity index is 2.28. The van der Waals surface area contributed by atoms with Gasteiger partial charge in [0.1, 0.15) is 0 Å². The Morgan fingerprint density at radius 2 is 2.31 bits per heavy atom. The molecule has 0 aliphatic carbocycles. The number of hydrogen-bond donors (Lipinski definition) is 0. The second-order valence-corrected chi connectivity index (χ2v) is 5.14. The second kappa shape index (κ2) is 5.48. The molecular weight excluding hydrogens is 283 g/mol. The Morgan fingerprint density at radius 1 is 1.54 bits per heavy atom. The van der Waals surface area contributed by atoms with Crippen LogP contribution in [0.15, 0.2) is 0 Å². The van der Waals surface area contributed by atoms with E-state index in [4.69, 9.17) is 14.2 Å². The van der Waals surface area contributed by atoms with E-state index in [0.717, 1.165) is 19.4 Å². The molecule has 1 saturated heterocycles. The lowest BCUT2D eigenvalue weighted by Gasteiger charge is -2.30. The molecule has 0 bridgehead atoms. The Morgan fingerprint density at radius 3 is 2.85 bits per heavy atom. The van der Waals surface area contributed by atoms with Crippen LogP contribution >= 0.6 is 22.6 Å². The van der Waals surface area contributed by atoms with Gasteiger partial charge in [-0.3, -0.25) is 0 Å². The summed E-state index contributed by atoms with van der Waals surface area (Å²) in [7, 11) is 0. The second-order valence-electron chi connectivity index (χ2n) is 3.18. The summed E-state index contributed by atoms with van der Waals surface area (Å²) in [4.78, 5) is 0. The van der Waals surface area contributed by atoms with Gasteiger partial charge in [-0.15, -0.1) is 0 Å². The molecule has 0 N–H and O–H groups in total. The third-order valence-electron chi connectivity index (χ3n) is 1.88. The van der Waals surface area contributed by atoms with Crippen molar-refractivity contribution in [3.8, 4) is 0 Å². The number of hydrogen-bond acceptors (Lipinski definition) is 3. The highest BCUT2D eigenvalue weighted by Gasteiger charge is 2.27. The summed E-state index contributed by atoms with van der Waals surface area (Å²) in [6, 6.07) is 0. The van der Waals surface area contributed by atoms with Crippen LogP contribution in [0.2, 0.25) is 0 Å². The molecule has 1 aliphatic heterocycles.